The Hall–Kier alpha value is -3.28. The number of anilines is 1. The Morgan fingerprint density at radius 1 is 1.20 bits per heavy atom. The van der Waals surface area contributed by atoms with Crippen LogP contribution < -0.4 is 5.32 Å². The number of rotatable bonds is 7. The van der Waals surface area contributed by atoms with Crippen molar-refractivity contribution in [3.05, 3.63) is 59.1 Å². The van der Waals surface area contributed by atoms with Crippen LogP contribution in [0, 0.1) is 5.92 Å². The summed E-state index contributed by atoms with van der Waals surface area (Å²) in [6.45, 7) is 2.11. The second kappa shape index (κ2) is 10.5. The molecule has 2 heterocycles. The van der Waals surface area contributed by atoms with Crippen molar-refractivity contribution in [3.8, 4) is 11.5 Å². The maximum absolute atomic E-state index is 13.1. The van der Waals surface area contributed by atoms with Gasteiger partial charge in [-0.25, -0.2) is 13.2 Å². The summed E-state index contributed by atoms with van der Waals surface area (Å²) in [5, 5.41) is 9.95. The molecule has 1 atom stereocenters. The summed E-state index contributed by atoms with van der Waals surface area (Å²) in [5.74, 6) is -1.14. The molecule has 0 bridgehead atoms. The van der Waals surface area contributed by atoms with E-state index in [1.165, 1.54) is 22.5 Å². The fourth-order valence-corrected chi connectivity index (χ4v) is 5.77. The Morgan fingerprint density at radius 3 is 2.71 bits per heavy atom. The molecule has 0 spiro atoms. The molecule has 4 rings (SSSR count). The molecule has 10 nitrogen and oxygen atoms in total. The SMILES string of the molecule is C[C@H]1CCCN(S(=O)(=O)c2cc(C(=O)OCC(=O)Nc3nnc(-c4ccccc4)o3)ccc2Cl)C1. The molecule has 1 N–H and O–H groups in total. The van der Waals surface area contributed by atoms with Crippen LogP contribution in [0.5, 0.6) is 0 Å². The highest BCUT2D eigenvalue weighted by Gasteiger charge is 2.31. The van der Waals surface area contributed by atoms with E-state index in [0.29, 0.717) is 18.7 Å². The van der Waals surface area contributed by atoms with Gasteiger partial charge in [0.05, 0.1) is 10.6 Å². The second-order valence-electron chi connectivity index (χ2n) is 8.16. The normalized spacial score (nSPS) is 16.6. The van der Waals surface area contributed by atoms with Gasteiger partial charge in [-0.15, -0.1) is 5.10 Å². The van der Waals surface area contributed by atoms with Gasteiger partial charge in [-0.05, 0) is 49.1 Å². The van der Waals surface area contributed by atoms with Gasteiger partial charge < -0.3 is 9.15 Å². The van der Waals surface area contributed by atoms with Gasteiger partial charge in [0.1, 0.15) is 4.90 Å². The minimum Gasteiger partial charge on any atom is -0.452 e. The fraction of sp³-hybridized carbons (Fsp3) is 0.304. The van der Waals surface area contributed by atoms with Gasteiger partial charge in [0.25, 0.3) is 5.91 Å². The first-order valence-corrected chi connectivity index (χ1v) is 12.7. The number of aromatic nitrogens is 2. The number of esters is 1. The lowest BCUT2D eigenvalue weighted by atomic mass is 10.0. The number of benzene rings is 2. The number of nitrogens with zero attached hydrogens (tertiary/aromatic N) is 3. The number of carbonyl (C=O) groups is 2. The molecule has 2 aromatic carbocycles. The van der Waals surface area contributed by atoms with E-state index in [9.17, 15) is 18.0 Å². The average molecular weight is 519 g/mol. The highest BCUT2D eigenvalue weighted by Crippen LogP contribution is 2.29. The molecule has 35 heavy (non-hydrogen) atoms. The van der Waals surface area contributed by atoms with E-state index in [4.69, 9.17) is 20.8 Å². The molecule has 1 amide bonds. The molecule has 1 saturated heterocycles. The summed E-state index contributed by atoms with van der Waals surface area (Å²) in [5.41, 5.74) is 0.634. The van der Waals surface area contributed by atoms with Crippen molar-refractivity contribution in [2.45, 2.75) is 24.7 Å². The van der Waals surface area contributed by atoms with Gasteiger partial charge in [-0.2, -0.15) is 4.31 Å². The number of hydrogen-bond donors (Lipinski definition) is 1. The van der Waals surface area contributed by atoms with Crippen LogP contribution in [-0.4, -0.2) is 54.5 Å². The zero-order valence-electron chi connectivity index (χ0n) is 18.8. The van der Waals surface area contributed by atoms with Gasteiger partial charge in [0.2, 0.25) is 15.9 Å². The van der Waals surface area contributed by atoms with Gasteiger partial charge >= 0.3 is 12.0 Å². The summed E-state index contributed by atoms with van der Waals surface area (Å²) < 4.78 is 38.0. The molecule has 1 aromatic heterocycles. The number of piperidine rings is 1. The molecular weight excluding hydrogens is 496 g/mol. The summed E-state index contributed by atoms with van der Waals surface area (Å²) in [7, 11) is -3.89. The predicted molar refractivity (Wildman–Crippen MR) is 127 cm³/mol. The molecule has 0 aliphatic carbocycles. The third kappa shape index (κ3) is 5.87. The summed E-state index contributed by atoms with van der Waals surface area (Å²) in [6, 6.07) is 12.7. The van der Waals surface area contributed by atoms with E-state index < -0.39 is 28.5 Å². The van der Waals surface area contributed by atoms with Gasteiger partial charge in [0, 0.05) is 18.7 Å². The standard InChI is InChI=1S/C23H23ClN4O6S/c1-15-6-5-11-28(13-15)35(31,32)19-12-17(9-10-18(19)24)22(30)33-14-20(29)25-23-27-26-21(34-23)16-7-3-2-4-8-16/h2-4,7-10,12,15H,5-6,11,13-14H2,1H3,(H,25,27,29)/t15-/m0/s1. The van der Waals surface area contributed by atoms with Crippen LogP contribution >= 0.6 is 11.6 Å². The van der Waals surface area contributed by atoms with Crippen LogP contribution in [0.15, 0.2) is 57.8 Å². The van der Waals surface area contributed by atoms with Crippen LogP contribution in [0.3, 0.4) is 0 Å². The smallest absolute Gasteiger partial charge is 0.338 e. The number of sulfonamides is 1. The maximum Gasteiger partial charge on any atom is 0.338 e. The fourth-order valence-electron chi connectivity index (χ4n) is 3.67. The number of nitrogens with one attached hydrogen (secondary N) is 1. The highest BCUT2D eigenvalue weighted by atomic mass is 35.5. The van der Waals surface area contributed by atoms with E-state index in [2.05, 4.69) is 15.5 Å². The van der Waals surface area contributed by atoms with Crippen LogP contribution in [-0.2, 0) is 19.6 Å². The number of hydrogen-bond acceptors (Lipinski definition) is 8. The number of halogens is 1. The summed E-state index contributed by atoms with van der Waals surface area (Å²) in [6.07, 6.45) is 1.70. The van der Waals surface area contributed by atoms with E-state index >= 15 is 0 Å². The quantitative estimate of drug-likeness (QED) is 0.469. The summed E-state index contributed by atoms with van der Waals surface area (Å²) in [4.78, 5) is 24.5. The monoisotopic (exact) mass is 518 g/mol. The number of carbonyl (C=O) groups excluding carboxylic acids is 2. The predicted octanol–water partition coefficient (Wildman–Crippen LogP) is 3.61. The lowest BCUT2D eigenvalue weighted by molar-refractivity contribution is -0.119. The molecule has 1 aliphatic rings. The molecule has 0 unspecified atom stereocenters. The van der Waals surface area contributed by atoms with Gasteiger partial charge in [0.15, 0.2) is 6.61 Å². The van der Waals surface area contributed by atoms with Crippen LogP contribution in [0.2, 0.25) is 5.02 Å². The third-order valence-electron chi connectivity index (χ3n) is 5.43. The van der Waals surface area contributed by atoms with Gasteiger partial charge in [-0.1, -0.05) is 41.8 Å². The molecule has 184 valence electrons. The lowest BCUT2D eigenvalue weighted by Crippen LogP contribution is -2.39. The van der Waals surface area contributed by atoms with Crippen molar-refractivity contribution >= 4 is 39.5 Å². The Morgan fingerprint density at radius 2 is 1.97 bits per heavy atom. The largest absolute Gasteiger partial charge is 0.452 e. The summed E-state index contributed by atoms with van der Waals surface area (Å²) >= 11 is 6.16. The second-order valence-corrected chi connectivity index (χ2v) is 10.5. The van der Waals surface area contributed by atoms with E-state index in [0.717, 1.165) is 12.8 Å². The minimum absolute atomic E-state index is 0.00290. The zero-order valence-corrected chi connectivity index (χ0v) is 20.4. The number of ether oxygens (including phenoxy) is 1. The third-order valence-corrected chi connectivity index (χ3v) is 7.78. The average Bonchev–Trinajstić information content (AvgIpc) is 3.31. The number of amides is 1. The van der Waals surface area contributed by atoms with Crippen LogP contribution in [0.4, 0.5) is 6.01 Å². The topological polar surface area (TPSA) is 132 Å². The van der Waals surface area contributed by atoms with Crippen LogP contribution in [0.1, 0.15) is 30.1 Å². The van der Waals surface area contributed by atoms with Crippen molar-refractivity contribution in [2.75, 3.05) is 25.0 Å². The van der Waals surface area contributed by atoms with E-state index in [1.807, 2.05) is 13.0 Å². The van der Waals surface area contributed by atoms with E-state index in [-0.39, 0.29) is 33.3 Å². The highest BCUT2D eigenvalue weighted by molar-refractivity contribution is 7.89. The Bertz CT molecular complexity index is 1330. The van der Waals surface area contributed by atoms with Crippen molar-refractivity contribution in [1.29, 1.82) is 0 Å². The van der Waals surface area contributed by atoms with Gasteiger partial charge in [-0.3, -0.25) is 10.1 Å². The molecule has 1 aliphatic heterocycles. The van der Waals surface area contributed by atoms with Crippen molar-refractivity contribution in [1.82, 2.24) is 14.5 Å². The zero-order chi connectivity index (χ0) is 25.0. The van der Waals surface area contributed by atoms with Crippen molar-refractivity contribution in [2.24, 2.45) is 5.92 Å². The lowest BCUT2D eigenvalue weighted by Gasteiger charge is -2.30. The first kappa shape index (κ1) is 24.8. The molecule has 12 heteroatoms. The Labute approximate surface area is 207 Å². The Kier molecular flexibility index (Phi) is 7.48. The first-order valence-electron chi connectivity index (χ1n) is 10.9. The van der Waals surface area contributed by atoms with E-state index in [1.54, 1.807) is 24.3 Å². The molecule has 0 saturated carbocycles. The minimum atomic E-state index is -3.89. The maximum atomic E-state index is 13.1. The van der Waals surface area contributed by atoms with Crippen LogP contribution in [0.25, 0.3) is 11.5 Å². The molecule has 0 radical (unpaired) electrons. The van der Waals surface area contributed by atoms with Crippen molar-refractivity contribution in [3.63, 3.8) is 0 Å². The first-order chi connectivity index (χ1) is 16.7. The molecule has 1 fully saturated rings. The Balaban J connectivity index is 1.39. The molecule has 3 aromatic rings. The van der Waals surface area contributed by atoms with Crippen molar-refractivity contribution < 1.29 is 27.2 Å². The molecular formula is C23H23ClN4O6S.